The van der Waals surface area contributed by atoms with Crippen LogP contribution in [0.5, 0.6) is 0 Å². The van der Waals surface area contributed by atoms with Crippen LogP contribution in [0.1, 0.15) is 28.2 Å². The highest BCUT2D eigenvalue weighted by Crippen LogP contribution is 2.09. The van der Waals surface area contributed by atoms with Gasteiger partial charge in [0, 0.05) is 13.0 Å². The highest BCUT2D eigenvalue weighted by Gasteiger charge is 2.17. The molecule has 20 heavy (non-hydrogen) atoms. The normalized spacial score (nSPS) is 10.7. The molecule has 0 atom stereocenters. The van der Waals surface area contributed by atoms with Gasteiger partial charge in [0.05, 0.1) is 5.69 Å². The van der Waals surface area contributed by atoms with Crippen LogP contribution in [0.25, 0.3) is 0 Å². The predicted molar refractivity (Wildman–Crippen MR) is 74.5 cm³/mol. The minimum atomic E-state index is -1.05. The molecule has 6 heteroatoms. The van der Waals surface area contributed by atoms with E-state index in [-0.39, 0.29) is 5.69 Å². The van der Waals surface area contributed by atoms with E-state index >= 15 is 0 Å². The third kappa shape index (κ3) is 3.42. The Morgan fingerprint density at radius 3 is 2.65 bits per heavy atom. The number of aromatic carboxylic acids is 1. The second-order valence-corrected chi connectivity index (χ2v) is 4.54. The minimum absolute atomic E-state index is 0.00941. The lowest BCUT2D eigenvalue weighted by atomic mass is 10.1. The zero-order valence-electron chi connectivity index (χ0n) is 11.2. The molecule has 0 unspecified atom stereocenters. The Morgan fingerprint density at radius 2 is 2.00 bits per heavy atom. The lowest BCUT2D eigenvalue weighted by Crippen LogP contribution is -2.14. The van der Waals surface area contributed by atoms with Gasteiger partial charge in [-0.25, -0.2) is 9.48 Å². The Kier molecular flexibility index (Phi) is 4.84. The van der Waals surface area contributed by atoms with Crippen molar-refractivity contribution < 1.29 is 9.90 Å². The van der Waals surface area contributed by atoms with Crippen molar-refractivity contribution in [3.05, 3.63) is 47.3 Å². The first-order chi connectivity index (χ1) is 9.72. The predicted octanol–water partition coefficient (Wildman–Crippen LogP) is 1.11. The molecule has 6 nitrogen and oxygen atoms in total. The number of benzene rings is 1. The lowest BCUT2D eigenvalue weighted by Gasteiger charge is -2.06. The number of rotatable bonds is 7. The molecule has 106 valence electrons. The summed E-state index contributed by atoms with van der Waals surface area (Å²) in [5.41, 5.74) is 7.39. The molecule has 0 radical (unpaired) electrons. The first-order valence-electron chi connectivity index (χ1n) is 6.62. The van der Waals surface area contributed by atoms with Gasteiger partial charge in [-0.3, -0.25) is 0 Å². The van der Waals surface area contributed by atoms with E-state index in [0.29, 0.717) is 25.2 Å². The fourth-order valence-corrected chi connectivity index (χ4v) is 2.14. The van der Waals surface area contributed by atoms with E-state index in [4.69, 9.17) is 10.8 Å². The van der Waals surface area contributed by atoms with E-state index in [0.717, 1.165) is 12.8 Å². The first-order valence-corrected chi connectivity index (χ1v) is 6.62. The SMILES string of the molecule is NCCc1c(C(=O)O)nnn1CCCc1ccccc1. The van der Waals surface area contributed by atoms with Gasteiger partial charge in [0.15, 0.2) is 5.69 Å². The summed E-state index contributed by atoms with van der Waals surface area (Å²) >= 11 is 0. The van der Waals surface area contributed by atoms with Gasteiger partial charge >= 0.3 is 5.97 Å². The maximum absolute atomic E-state index is 11.0. The van der Waals surface area contributed by atoms with Crippen LogP contribution in [-0.4, -0.2) is 32.6 Å². The maximum atomic E-state index is 11.0. The van der Waals surface area contributed by atoms with Crippen LogP contribution < -0.4 is 5.73 Å². The van der Waals surface area contributed by atoms with Crippen molar-refractivity contribution in [1.29, 1.82) is 0 Å². The Morgan fingerprint density at radius 1 is 1.25 bits per heavy atom. The largest absolute Gasteiger partial charge is 0.476 e. The van der Waals surface area contributed by atoms with Crippen LogP contribution in [0.3, 0.4) is 0 Å². The Labute approximate surface area is 117 Å². The third-order valence-electron chi connectivity index (χ3n) is 3.10. The number of nitrogens with two attached hydrogens (primary N) is 1. The van der Waals surface area contributed by atoms with Crippen molar-refractivity contribution in [1.82, 2.24) is 15.0 Å². The van der Waals surface area contributed by atoms with Crippen molar-refractivity contribution in [2.45, 2.75) is 25.8 Å². The summed E-state index contributed by atoms with van der Waals surface area (Å²) in [4.78, 5) is 11.0. The smallest absolute Gasteiger partial charge is 0.358 e. The summed E-state index contributed by atoms with van der Waals surface area (Å²) in [6.07, 6.45) is 2.27. The van der Waals surface area contributed by atoms with Crippen LogP contribution >= 0.6 is 0 Å². The van der Waals surface area contributed by atoms with Crippen molar-refractivity contribution in [2.75, 3.05) is 6.54 Å². The molecule has 0 fully saturated rings. The summed E-state index contributed by atoms with van der Waals surface area (Å²) in [5.74, 6) is -1.05. The van der Waals surface area contributed by atoms with E-state index in [9.17, 15) is 4.79 Å². The van der Waals surface area contributed by atoms with E-state index in [2.05, 4.69) is 22.4 Å². The average molecular weight is 274 g/mol. The molecule has 1 aromatic carbocycles. The molecule has 0 aliphatic rings. The molecule has 0 aliphatic heterocycles. The first kappa shape index (κ1) is 14.2. The van der Waals surface area contributed by atoms with Gasteiger partial charge in [-0.15, -0.1) is 5.10 Å². The van der Waals surface area contributed by atoms with Crippen molar-refractivity contribution >= 4 is 5.97 Å². The zero-order chi connectivity index (χ0) is 14.4. The number of carboxylic acid groups (broad SMARTS) is 1. The van der Waals surface area contributed by atoms with Gasteiger partial charge in [-0.2, -0.15) is 0 Å². The number of hydrogen-bond donors (Lipinski definition) is 2. The topological polar surface area (TPSA) is 94.0 Å². The molecular formula is C14H18N4O2. The van der Waals surface area contributed by atoms with E-state index in [1.54, 1.807) is 4.68 Å². The number of carboxylic acids is 1. The quantitative estimate of drug-likeness (QED) is 0.788. The molecular weight excluding hydrogens is 256 g/mol. The van der Waals surface area contributed by atoms with Crippen LogP contribution in [-0.2, 0) is 19.4 Å². The average Bonchev–Trinajstić information content (AvgIpc) is 2.84. The maximum Gasteiger partial charge on any atom is 0.358 e. The van der Waals surface area contributed by atoms with Gasteiger partial charge in [-0.1, -0.05) is 35.5 Å². The van der Waals surface area contributed by atoms with Crippen LogP contribution in [0, 0.1) is 0 Å². The monoisotopic (exact) mass is 274 g/mol. The Balaban J connectivity index is 2.00. The van der Waals surface area contributed by atoms with Gasteiger partial charge < -0.3 is 10.8 Å². The van der Waals surface area contributed by atoms with Gasteiger partial charge in [0.2, 0.25) is 0 Å². The molecule has 0 aliphatic carbocycles. The molecule has 1 aromatic heterocycles. The van der Waals surface area contributed by atoms with Gasteiger partial charge in [0.1, 0.15) is 0 Å². The van der Waals surface area contributed by atoms with Crippen molar-refractivity contribution in [2.24, 2.45) is 5.73 Å². The van der Waals surface area contributed by atoms with E-state index in [1.165, 1.54) is 5.56 Å². The summed E-state index contributed by atoms with van der Waals surface area (Å²) in [6.45, 7) is 1.02. The second kappa shape index (κ2) is 6.81. The standard InChI is InChI=1S/C14H18N4O2/c15-9-8-12-13(14(19)20)16-17-18(12)10-4-7-11-5-2-1-3-6-11/h1-3,5-6H,4,7-10,15H2,(H,19,20). The highest BCUT2D eigenvalue weighted by atomic mass is 16.4. The third-order valence-corrected chi connectivity index (χ3v) is 3.10. The molecule has 0 bridgehead atoms. The second-order valence-electron chi connectivity index (χ2n) is 4.54. The molecule has 0 saturated carbocycles. The highest BCUT2D eigenvalue weighted by molar-refractivity contribution is 5.86. The fourth-order valence-electron chi connectivity index (χ4n) is 2.14. The summed E-state index contributed by atoms with van der Waals surface area (Å²) < 4.78 is 1.65. The molecule has 0 amide bonds. The van der Waals surface area contributed by atoms with Crippen LogP contribution in [0.4, 0.5) is 0 Å². The number of nitrogens with zero attached hydrogens (tertiary/aromatic N) is 3. The lowest BCUT2D eigenvalue weighted by molar-refractivity contribution is 0.0689. The molecule has 3 N–H and O–H groups in total. The van der Waals surface area contributed by atoms with Crippen LogP contribution in [0.2, 0.25) is 0 Å². The summed E-state index contributed by atoms with van der Waals surface area (Å²) in [5, 5.41) is 16.7. The minimum Gasteiger partial charge on any atom is -0.476 e. The molecule has 1 heterocycles. The zero-order valence-corrected chi connectivity index (χ0v) is 11.2. The number of aryl methyl sites for hydroxylation is 2. The molecule has 2 rings (SSSR count). The summed E-state index contributed by atoms with van der Waals surface area (Å²) in [7, 11) is 0. The molecule has 0 spiro atoms. The number of hydrogen-bond acceptors (Lipinski definition) is 4. The van der Waals surface area contributed by atoms with Crippen molar-refractivity contribution in [3.63, 3.8) is 0 Å². The number of carbonyl (C=O) groups is 1. The van der Waals surface area contributed by atoms with Crippen molar-refractivity contribution in [3.8, 4) is 0 Å². The Bertz CT molecular complexity index is 566. The Hall–Kier alpha value is -2.21. The van der Waals surface area contributed by atoms with Gasteiger partial charge in [0.25, 0.3) is 0 Å². The summed E-state index contributed by atoms with van der Waals surface area (Å²) in [6, 6.07) is 10.1. The number of aromatic nitrogens is 3. The fraction of sp³-hybridized carbons (Fsp3) is 0.357. The van der Waals surface area contributed by atoms with E-state index < -0.39 is 5.97 Å². The van der Waals surface area contributed by atoms with E-state index in [1.807, 2.05) is 18.2 Å². The van der Waals surface area contributed by atoms with Gasteiger partial charge in [-0.05, 0) is 24.9 Å². The van der Waals surface area contributed by atoms with Crippen LogP contribution in [0.15, 0.2) is 30.3 Å². The molecule has 0 saturated heterocycles. The molecule has 2 aromatic rings.